The summed E-state index contributed by atoms with van der Waals surface area (Å²) >= 11 is 0. The van der Waals surface area contributed by atoms with Crippen molar-refractivity contribution in [1.29, 1.82) is 0 Å². The van der Waals surface area contributed by atoms with Crippen LogP contribution in [-0.4, -0.2) is 19.7 Å². The molecule has 1 saturated heterocycles. The summed E-state index contributed by atoms with van der Waals surface area (Å²) in [5.41, 5.74) is 7.36. The molecule has 0 bridgehead atoms. The summed E-state index contributed by atoms with van der Waals surface area (Å²) in [5, 5.41) is 0. The Morgan fingerprint density at radius 3 is 2.95 bits per heavy atom. The average Bonchev–Trinajstić information content (AvgIpc) is 2.38. The Labute approximate surface area is 114 Å². The first-order valence-electron chi connectivity index (χ1n) is 7.08. The smallest absolute Gasteiger partial charge is 0.167 e. The molecule has 0 radical (unpaired) electrons. The SMILES string of the molecule is CCCOc1cc(N2CCCC(C)C2)c(N)cc1F. The summed E-state index contributed by atoms with van der Waals surface area (Å²) in [4.78, 5) is 2.24. The zero-order valence-corrected chi connectivity index (χ0v) is 11.8. The van der Waals surface area contributed by atoms with Gasteiger partial charge in [-0.25, -0.2) is 4.39 Å². The maximum atomic E-state index is 13.8. The van der Waals surface area contributed by atoms with Gasteiger partial charge in [0.1, 0.15) is 0 Å². The lowest BCUT2D eigenvalue weighted by molar-refractivity contribution is 0.301. The van der Waals surface area contributed by atoms with Crippen LogP contribution in [0.4, 0.5) is 15.8 Å². The van der Waals surface area contributed by atoms with E-state index in [0.29, 0.717) is 24.0 Å². The van der Waals surface area contributed by atoms with E-state index in [1.165, 1.54) is 12.5 Å². The number of anilines is 2. The molecule has 0 spiro atoms. The first-order valence-corrected chi connectivity index (χ1v) is 7.08. The number of hydrogen-bond acceptors (Lipinski definition) is 3. The number of nitrogen functional groups attached to an aromatic ring is 1. The molecule has 1 unspecified atom stereocenters. The highest BCUT2D eigenvalue weighted by atomic mass is 19.1. The van der Waals surface area contributed by atoms with Gasteiger partial charge in [0, 0.05) is 25.2 Å². The van der Waals surface area contributed by atoms with Gasteiger partial charge in [0.05, 0.1) is 18.0 Å². The van der Waals surface area contributed by atoms with E-state index in [1.54, 1.807) is 6.07 Å². The van der Waals surface area contributed by atoms with Crippen molar-refractivity contribution in [3.63, 3.8) is 0 Å². The second-order valence-corrected chi connectivity index (χ2v) is 5.38. The monoisotopic (exact) mass is 266 g/mol. The van der Waals surface area contributed by atoms with E-state index in [9.17, 15) is 4.39 Å². The highest BCUT2D eigenvalue weighted by molar-refractivity contribution is 5.70. The van der Waals surface area contributed by atoms with Crippen molar-refractivity contribution in [1.82, 2.24) is 0 Å². The Morgan fingerprint density at radius 2 is 2.26 bits per heavy atom. The number of hydrogen-bond donors (Lipinski definition) is 1. The number of halogens is 1. The van der Waals surface area contributed by atoms with Crippen molar-refractivity contribution in [2.24, 2.45) is 5.92 Å². The van der Waals surface area contributed by atoms with Crippen molar-refractivity contribution in [2.75, 3.05) is 30.3 Å². The highest BCUT2D eigenvalue weighted by Crippen LogP contribution is 2.33. The van der Waals surface area contributed by atoms with Crippen LogP contribution in [0.1, 0.15) is 33.1 Å². The summed E-state index contributed by atoms with van der Waals surface area (Å²) in [5.74, 6) is 0.585. The third kappa shape index (κ3) is 3.31. The summed E-state index contributed by atoms with van der Waals surface area (Å²) in [6, 6.07) is 3.12. The first kappa shape index (κ1) is 14.0. The number of ether oxygens (including phenoxy) is 1. The standard InChI is InChI=1S/C15H23FN2O/c1-3-7-19-15-9-14(13(17)8-12(15)16)18-6-4-5-11(2)10-18/h8-9,11H,3-7,10,17H2,1-2H3. The van der Waals surface area contributed by atoms with E-state index in [4.69, 9.17) is 10.5 Å². The van der Waals surface area contributed by atoms with Gasteiger partial charge in [0.15, 0.2) is 11.6 Å². The van der Waals surface area contributed by atoms with Crippen LogP contribution in [0.2, 0.25) is 0 Å². The minimum atomic E-state index is -0.375. The molecule has 1 heterocycles. The predicted octanol–water partition coefficient (Wildman–Crippen LogP) is 3.43. The molecule has 3 nitrogen and oxygen atoms in total. The van der Waals surface area contributed by atoms with E-state index >= 15 is 0 Å². The molecule has 4 heteroatoms. The van der Waals surface area contributed by atoms with E-state index in [1.807, 2.05) is 6.92 Å². The van der Waals surface area contributed by atoms with Gasteiger partial charge in [-0.15, -0.1) is 0 Å². The number of rotatable bonds is 4. The Kier molecular flexibility index (Phi) is 4.51. The molecular formula is C15H23FN2O. The molecular weight excluding hydrogens is 243 g/mol. The lowest BCUT2D eigenvalue weighted by Gasteiger charge is -2.33. The van der Waals surface area contributed by atoms with Crippen molar-refractivity contribution in [2.45, 2.75) is 33.1 Å². The van der Waals surface area contributed by atoms with Gasteiger partial charge in [0.2, 0.25) is 0 Å². The second-order valence-electron chi connectivity index (χ2n) is 5.38. The van der Waals surface area contributed by atoms with Gasteiger partial charge in [0.25, 0.3) is 0 Å². The lowest BCUT2D eigenvalue weighted by Crippen LogP contribution is -2.34. The molecule has 0 amide bonds. The van der Waals surface area contributed by atoms with Crippen LogP contribution in [0, 0.1) is 11.7 Å². The fourth-order valence-corrected chi connectivity index (χ4v) is 2.56. The summed E-state index contributed by atoms with van der Waals surface area (Å²) in [6.45, 7) is 6.72. The fourth-order valence-electron chi connectivity index (χ4n) is 2.56. The lowest BCUT2D eigenvalue weighted by atomic mass is 9.99. The van der Waals surface area contributed by atoms with Crippen LogP contribution in [-0.2, 0) is 0 Å². The molecule has 1 aliphatic heterocycles. The molecule has 2 rings (SSSR count). The Bertz CT molecular complexity index is 436. The molecule has 0 aliphatic carbocycles. The Balaban J connectivity index is 2.23. The van der Waals surface area contributed by atoms with E-state index in [-0.39, 0.29) is 5.82 Å². The quantitative estimate of drug-likeness (QED) is 0.848. The number of benzene rings is 1. The van der Waals surface area contributed by atoms with Crippen molar-refractivity contribution < 1.29 is 9.13 Å². The van der Waals surface area contributed by atoms with E-state index in [2.05, 4.69) is 11.8 Å². The maximum absolute atomic E-state index is 13.8. The predicted molar refractivity (Wildman–Crippen MR) is 77.2 cm³/mol. The summed E-state index contributed by atoms with van der Waals surface area (Å²) in [6.07, 6.45) is 3.26. The number of nitrogens with zero attached hydrogens (tertiary/aromatic N) is 1. The van der Waals surface area contributed by atoms with Crippen molar-refractivity contribution >= 4 is 11.4 Å². The molecule has 1 aromatic rings. The molecule has 0 saturated carbocycles. The molecule has 1 aliphatic rings. The molecule has 1 atom stereocenters. The minimum absolute atomic E-state index is 0.310. The molecule has 0 aromatic heterocycles. The normalized spacial score (nSPS) is 19.5. The average molecular weight is 266 g/mol. The van der Waals surface area contributed by atoms with Crippen LogP contribution in [0.3, 0.4) is 0 Å². The van der Waals surface area contributed by atoms with Gasteiger partial charge >= 0.3 is 0 Å². The molecule has 1 aromatic carbocycles. The van der Waals surface area contributed by atoms with Crippen LogP contribution in [0.5, 0.6) is 5.75 Å². The summed E-state index contributed by atoms with van der Waals surface area (Å²) < 4.78 is 19.2. The third-order valence-corrected chi connectivity index (χ3v) is 3.54. The second kappa shape index (κ2) is 6.13. The molecule has 106 valence electrons. The van der Waals surface area contributed by atoms with Gasteiger partial charge in [-0.2, -0.15) is 0 Å². The topological polar surface area (TPSA) is 38.5 Å². The minimum Gasteiger partial charge on any atom is -0.490 e. The molecule has 1 fully saturated rings. The molecule has 2 N–H and O–H groups in total. The van der Waals surface area contributed by atoms with Crippen LogP contribution in [0.25, 0.3) is 0 Å². The Morgan fingerprint density at radius 1 is 1.47 bits per heavy atom. The van der Waals surface area contributed by atoms with Gasteiger partial charge in [-0.3, -0.25) is 0 Å². The van der Waals surface area contributed by atoms with Gasteiger partial charge < -0.3 is 15.4 Å². The van der Waals surface area contributed by atoms with Crippen LogP contribution in [0.15, 0.2) is 12.1 Å². The zero-order valence-electron chi connectivity index (χ0n) is 11.8. The fraction of sp³-hybridized carbons (Fsp3) is 0.600. The maximum Gasteiger partial charge on any atom is 0.167 e. The largest absolute Gasteiger partial charge is 0.490 e. The number of piperidine rings is 1. The van der Waals surface area contributed by atoms with Gasteiger partial charge in [-0.05, 0) is 25.2 Å². The Hall–Kier alpha value is -1.45. The van der Waals surface area contributed by atoms with E-state index in [0.717, 1.165) is 31.6 Å². The first-order chi connectivity index (χ1) is 9.11. The third-order valence-electron chi connectivity index (χ3n) is 3.54. The van der Waals surface area contributed by atoms with Gasteiger partial charge in [-0.1, -0.05) is 13.8 Å². The number of nitrogens with two attached hydrogens (primary N) is 1. The highest BCUT2D eigenvalue weighted by Gasteiger charge is 2.20. The van der Waals surface area contributed by atoms with Crippen LogP contribution >= 0.6 is 0 Å². The van der Waals surface area contributed by atoms with Crippen molar-refractivity contribution in [3.8, 4) is 5.75 Å². The van der Waals surface area contributed by atoms with E-state index < -0.39 is 0 Å². The van der Waals surface area contributed by atoms with Crippen LogP contribution < -0.4 is 15.4 Å². The van der Waals surface area contributed by atoms with Crippen molar-refractivity contribution in [3.05, 3.63) is 17.9 Å². The molecule has 19 heavy (non-hydrogen) atoms. The zero-order chi connectivity index (χ0) is 13.8. The summed E-state index contributed by atoms with van der Waals surface area (Å²) in [7, 11) is 0.